The SMILES string of the molecule is COc1cc(/C=N/Nc2nnc3c4ccccc4n(C)c3n2)cc(Br)c1OCc1ccccc1. The van der Waals surface area contributed by atoms with E-state index in [0.717, 1.165) is 37.7 Å². The van der Waals surface area contributed by atoms with Crippen LogP contribution in [0.25, 0.3) is 22.1 Å². The maximum absolute atomic E-state index is 5.99. The second-order valence-corrected chi connectivity index (χ2v) is 8.42. The summed E-state index contributed by atoms with van der Waals surface area (Å²) in [5.41, 5.74) is 7.28. The summed E-state index contributed by atoms with van der Waals surface area (Å²) >= 11 is 3.58. The zero-order valence-electron chi connectivity index (χ0n) is 18.6. The Bertz CT molecular complexity index is 1500. The Labute approximate surface area is 204 Å². The zero-order chi connectivity index (χ0) is 23.5. The number of hydrazone groups is 1. The fraction of sp³-hybridized carbons (Fsp3) is 0.120. The molecule has 0 spiro atoms. The van der Waals surface area contributed by atoms with Crippen molar-refractivity contribution in [1.82, 2.24) is 19.7 Å². The molecule has 0 fully saturated rings. The molecule has 5 aromatic rings. The summed E-state index contributed by atoms with van der Waals surface area (Å²) in [6.45, 7) is 0.436. The molecule has 0 radical (unpaired) electrons. The Morgan fingerprint density at radius 3 is 2.68 bits per heavy atom. The fourth-order valence-corrected chi connectivity index (χ4v) is 4.28. The lowest BCUT2D eigenvalue weighted by Crippen LogP contribution is -2.01. The summed E-state index contributed by atoms with van der Waals surface area (Å²) in [6, 6.07) is 21.7. The highest BCUT2D eigenvalue weighted by Crippen LogP contribution is 2.37. The quantitative estimate of drug-likeness (QED) is 0.233. The molecule has 0 aliphatic heterocycles. The molecule has 0 amide bonds. The summed E-state index contributed by atoms with van der Waals surface area (Å²) in [6.07, 6.45) is 1.66. The molecule has 0 aliphatic carbocycles. The lowest BCUT2D eigenvalue weighted by molar-refractivity contribution is 0.282. The van der Waals surface area contributed by atoms with Gasteiger partial charge in [-0.15, -0.1) is 10.2 Å². The lowest BCUT2D eigenvalue weighted by atomic mass is 10.2. The van der Waals surface area contributed by atoms with Gasteiger partial charge < -0.3 is 14.0 Å². The first-order valence-electron chi connectivity index (χ1n) is 10.5. The van der Waals surface area contributed by atoms with Crippen LogP contribution in [0.5, 0.6) is 11.5 Å². The van der Waals surface area contributed by atoms with Gasteiger partial charge in [0.15, 0.2) is 17.1 Å². The van der Waals surface area contributed by atoms with Crippen molar-refractivity contribution in [3.05, 3.63) is 82.3 Å². The average molecular weight is 517 g/mol. The molecule has 0 saturated heterocycles. The third-order valence-corrected chi connectivity index (χ3v) is 5.95. The fourth-order valence-electron chi connectivity index (χ4n) is 3.70. The molecule has 0 unspecified atom stereocenters. The zero-order valence-corrected chi connectivity index (χ0v) is 20.2. The molecule has 170 valence electrons. The minimum atomic E-state index is 0.309. The van der Waals surface area contributed by atoms with Crippen molar-refractivity contribution < 1.29 is 9.47 Å². The molecule has 2 heterocycles. The predicted octanol–water partition coefficient (Wildman–Crippen LogP) is 5.31. The summed E-state index contributed by atoms with van der Waals surface area (Å²) < 4.78 is 14.3. The minimum absolute atomic E-state index is 0.309. The van der Waals surface area contributed by atoms with Gasteiger partial charge in [-0.1, -0.05) is 48.5 Å². The van der Waals surface area contributed by atoms with Crippen molar-refractivity contribution in [2.24, 2.45) is 12.1 Å². The van der Waals surface area contributed by atoms with E-state index in [1.807, 2.05) is 78.3 Å². The molecule has 0 saturated carbocycles. The van der Waals surface area contributed by atoms with E-state index < -0.39 is 0 Å². The second kappa shape index (κ2) is 9.48. The van der Waals surface area contributed by atoms with Crippen LogP contribution in [0.3, 0.4) is 0 Å². The first-order valence-corrected chi connectivity index (χ1v) is 11.3. The molecule has 0 atom stereocenters. The minimum Gasteiger partial charge on any atom is -0.493 e. The Kier molecular flexibility index (Phi) is 6.09. The van der Waals surface area contributed by atoms with Crippen molar-refractivity contribution in [1.29, 1.82) is 0 Å². The van der Waals surface area contributed by atoms with Crippen molar-refractivity contribution in [2.75, 3.05) is 12.5 Å². The molecular weight excluding hydrogens is 496 g/mol. The van der Waals surface area contributed by atoms with Crippen LogP contribution >= 0.6 is 15.9 Å². The number of nitrogens with one attached hydrogen (secondary N) is 1. The number of nitrogens with zero attached hydrogens (tertiary/aromatic N) is 5. The van der Waals surface area contributed by atoms with Gasteiger partial charge in [0.2, 0.25) is 0 Å². The molecule has 0 aliphatic rings. The van der Waals surface area contributed by atoms with Gasteiger partial charge in [0, 0.05) is 12.4 Å². The van der Waals surface area contributed by atoms with Crippen molar-refractivity contribution in [3.8, 4) is 11.5 Å². The number of methoxy groups -OCH3 is 1. The number of para-hydroxylation sites is 1. The molecule has 2 aromatic heterocycles. The summed E-state index contributed by atoms with van der Waals surface area (Å²) in [5.74, 6) is 1.54. The van der Waals surface area contributed by atoms with E-state index in [1.165, 1.54) is 0 Å². The molecular formula is C25H21BrN6O2. The van der Waals surface area contributed by atoms with Crippen LogP contribution in [0.15, 0.2) is 76.3 Å². The molecule has 9 heteroatoms. The van der Waals surface area contributed by atoms with Crippen LogP contribution in [0.2, 0.25) is 0 Å². The number of halogens is 1. The maximum Gasteiger partial charge on any atom is 0.265 e. The number of benzene rings is 3. The Morgan fingerprint density at radius 2 is 1.85 bits per heavy atom. The number of hydrogen-bond acceptors (Lipinski definition) is 7. The number of fused-ring (bicyclic) bond motifs is 3. The van der Waals surface area contributed by atoms with E-state index in [-0.39, 0.29) is 0 Å². The van der Waals surface area contributed by atoms with E-state index in [1.54, 1.807) is 13.3 Å². The Morgan fingerprint density at radius 1 is 1.06 bits per heavy atom. The smallest absolute Gasteiger partial charge is 0.265 e. The molecule has 3 aromatic carbocycles. The topological polar surface area (TPSA) is 86.5 Å². The summed E-state index contributed by atoms with van der Waals surface area (Å²) in [7, 11) is 3.56. The second-order valence-electron chi connectivity index (χ2n) is 7.56. The highest BCUT2D eigenvalue weighted by atomic mass is 79.9. The van der Waals surface area contributed by atoms with Gasteiger partial charge in [-0.05, 0) is 45.3 Å². The van der Waals surface area contributed by atoms with Crippen LogP contribution < -0.4 is 14.9 Å². The van der Waals surface area contributed by atoms with Gasteiger partial charge in [-0.25, -0.2) is 5.43 Å². The standard InChI is InChI=1S/C25H21BrN6O2/c1-32-20-11-7-6-10-18(20)22-24(32)28-25(31-29-22)30-27-14-17-12-19(26)23(21(13-17)33-2)34-15-16-8-4-3-5-9-16/h3-14H,15H2,1-2H3,(H,28,30,31)/b27-14+. The van der Waals surface area contributed by atoms with E-state index >= 15 is 0 Å². The number of rotatable bonds is 7. The summed E-state index contributed by atoms with van der Waals surface area (Å²) in [4.78, 5) is 4.57. The van der Waals surface area contributed by atoms with Gasteiger partial charge in [0.25, 0.3) is 5.95 Å². The van der Waals surface area contributed by atoms with Crippen molar-refractivity contribution in [3.63, 3.8) is 0 Å². The van der Waals surface area contributed by atoms with Crippen molar-refractivity contribution in [2.45, 2.75) is 6.61 Å². The highest BCUT2D eigenvalue weighted by molar-refractivity contribution is 9.10. The first-order chi connectivity index (χ1) is 16.6. The van der Waals surface area contributed by atoms with E-state index in [0.29, 0.717) is 24.1 Å². The maximum atomic E-state index is 5.99. The van der Waals surface area contributed by atoms with E-state index in [2.05, 4.69) is 41.6 Å². The monoisotopic (exact) mass is 516 g/mol. The normalized spacial score (nSPS) is 11.4. The Balaban J connectivity index is 1.34. The number of anilines is 1. The lowest BCUT2D eigenvalue weighted by Gasteiger charge is -2.13. The van der Waals surface area contributed by atoms with E-state index in [9.17, 15) is 0 Å². The largest absolute Gasteiger partial charge is 0.493 e. The Hall–Kier alpha value is -3.98. The highest BCUT2D eigenvalue weighted by Gasteiger charge is 2.13. The van der Waals surface area contributed by atoms with Crippen LogP contribution in [0.1, 0.15) is 11.1 Å². The van der Waals surface area contributed by atoms with Gasteiger partial charge in [-0.2, -0.15) is 10.1 Å². The van der Waals surface area contributed by atoms with Crippen LogP contribution in [-0.2, 0) is 13.7 Å². The van der Waals surface area contributed by atoms with E-state index in [4.69, 9.17) is 9.47 Å². The molecule has 0 bridgehead atoms. The van der Waals surface area contributed by atoms with Crippen LogP contribution in [0, 0.1) is 0 Å². The van der Waals surface area contributed by atoms with Crippen LogP contribution in [0.4, 0.5) is 5.95 Å². The number of aryl methyl sites for hydroxylation is 1. The number of aromatic nitrogens is 4. The third-order valence-electron chi connectivity index (χ3n) is 5.36. The van der Waals surface area contributed by atoms with Crippen LogP contribution in [-0.4, -0.2) is 33.1 Å². The van der Waals surface area contributed by atoms with Crippen molar-refractivity contribution >= 4 is 50.2 Å². The number of ether oxygens (including phenoxy) is 2. The predicted molar refractivity (Wildman–Crippen MR) is 136 cm³/mol. The molecule has 5 rings (SSSR count). The summed E-state index contributed by atoms with van der Waals surface area (Å²) in [5, 5.41) is 13.8. The molecule has 1 N–H and O–H groups in total. The van der Waals surface area contributed by atoms with Gasteiger partial charge in [-0.3, -0.25) is 0 Å². The van der Waals surface area contributed by atoms with Gasteiger partial charge in [0.05, 0.1) is 23.3 Å². The first kappa shape index (κ1) is 21.8. The third kappa shape index (κ3) is 4.29. The molecule has 8 nitrogen and oxygen atoms in total. The van der Waals surface area contributed by atoms with Gasteiger partial charge >= 0.3 is 0 Å². The number of hydrogen-bond donors (Lipinski definition) is 1. The molecule has 34 heavy (non-hydrogen) atoms. The van der Waals surface area contributed by atoms with Gasteiger partial charge in [0.1, 0.15) is 12.1 Å². The average Bonchev–Trinajstić information content (AvgIpc) is 3.15.